The molecule has 0 spiro atoms. The first kappa shape index (κ1) is 16.9. The molecular weight excluding hydrogens is 358 g/mol. The Balaban J connectivity index is 1.40. The van der Waals surface area contributed by atoms with Crippen molar-refractivity contribution in [1.82, 2.24) is 15.4 Å². The van der Waals surface area contributed by atoms with Crippen LogP contribution in [0.3, 0.4) is 0 Å². The summed E-state index contributed by atoms with van der Waals surface area (Å²) < 4.78 is 4.84. The summed E-state index contributed by atoms with van der Waals surface area (Å²) in [4.78, 5) is 16.1. The monoisotopic (exact) mass is 377 g/mol. The Morgan fingerprint density at radius 1 is 1.32 bits per heavy atom. The van der Waals surface area contributed by atoms with Crippen molar-refractivity contribution in [3.8, 4) is 0 Å². The summed E-state index contributed by atoms with van der Waals surface area (Å²) in [5.74, 6) is 0.613. The van der Waals surface area contributed by atoms with E-state index in [1.807, 2.05) is 24.3 Å². The fraction of sp³-hybridized carbons (Fsp3) is 0.444. The molecule has 2 aromatic rings. The molecule has 1 N–H and O–H groups in total. The first-order valence-corrected chi connectivity index (χ1v) is 9.74. The first-order valence-electron chi connectivity index (χ1n) is 8.55. The van der Waals surface area contributed by atoms with Gasteiger partial charge >= 0.3 is 0 Å². The third-order valence-electron chi connectivity index (χ3n) is 5.27. The number of hydrogen-bond donors (Lipinski definition) is 1. The van der Waals surface area contributed by atoms with E-state index < -0.39 is 0 Å². The number of carbonyl (C=O) groups excluding carboxylic acids is 1. The molecule has 1 amide bonds. The molecule has 25 heavy (non-hydrogen) atoms. The smallest absolute Gasteiger partial charge is 0.251 e. The van der Waals surface area contributed by atoms with Crippen molar-refractivity contribution in [3.05, 3.63) is 41.1 Å². The van der Waals surface area contributed by atoms with Crippen molar-refractivity contribution in [2.75, 3.05) is 13.1 Å². The van der Waals surface area contributed by atoms with Crippen molar-refractivity contribution >= 4 is 29.3 Å². The van der Waals surface area contributed by atoms with E-state index in [2.05, 4.69) is 22.3 Å². The van der Waals surface area contributed by atoms with Crippen LogP contribution in [-0.2, 0) is 0 Å². The molecule has 5 nitrogen and oxygen atoms in total. The maximum absolute atomic E-state index is 12.6. The number of benzene rings is 1. The van der Waals surface area contributed by atoms with E-state index in [4.69, 9.17) is 16.1 Å². The lowest BCUT2D eigenvalue weighted by molar-refractivity contribution is 0.0217. The number of carbonyl (C=O) groups is 1. The molecule has 3 saturated heterocycles. The lowest BCUT2D eigenvalue weighted by Crippen LogP contribution is -2.62. The second kappa shape index (κ2) is 7.02. The van der Waals surface area contributed by atoms with E-state index in [0.717, 1.165) is 18.0 Å². The first-order chi connectivity index (χ1) is 12.1. The SMILES string of the molecule is C[C@H]1[C@H](NC(=O)c2ccc(Sc3cc(Cl)on3)cc2)C2CCN1CC2. The molecule has 132 valence electrons. The molecular formula is C18H20ClN3O2S. The molecule has 7 heteroatoms. The van der Waals surface area contributed by atoms with Gasteiger partial charge in [-0.05, 0) is 74.6 Å². The van der Waals surface area contributed by atoms with Crippen molar-refractivity contribution in [2.24, 2.45) is 5.92 Å². The molecule has 2 atom stereocenters. The highest BCUT2D eigenvalue weighted by molar-refractivity contribution is 7.99. The Bertz CT molecular complexity index is 754. The Labute approximate surface area is 156 Å². The van der Waals surface area contributed by atoms with Crippen LogP contribution in [0.4, 0.5) is 0 Å². The van der Waals surface area contributed by atoms with Crippen molar-refractivity contribution in [1.29, 1.82) is 0 Å². The summed E-state index contributed by atoms with van der Waals surface area (Å²) in [5.41, 5.74) is 0.686. The average molecular weight is 378 g/mol. The normalized spacial score (nSPS) is 28.1. The van der Waals surface area contributed by atoms with Crippen LogP contribution >= 0.6 is 23.4 Å². The molecule has 0 aliphatic carbocycles. The highest BCUT2D eigenvalue weighted by Gasteiger charge is 2.40. The van der Waals surface area contributed by atoms with Gasteiger partial charge in [-0.15, -0.1) is 0 Å². The van der Waals surface area contributed by atoms with E-state index in [0.29, 0.717) is 22.5 Å². The predicted molar refractivity (Wildman–Crippen MR) is 97.1 cm³/mol. The Morgan fingerprint density at radius 2 is 2.04 bits per heavy atom. The number of rotatable bonds is 4. The fourth-order valence-electron chi connectivity index (χ4n) is 3.86. The molecule has 0 saturated carbocycles. The van der Waals surface area contributed by atoms with E-state index >= 15 is 0 Å². The van der Waals surface area contributed by atoms with Gasteiger partial charge in [-0.1, -0.05) is 16.9 Å². The molecule has 0 unspecified atom stereocenters. The quantitative estimate of drug-likeness (QED) is 0.880. The molecule has 3 fully saturated rings. The summed E-state index contributed by atoms with van der Waals surface area (Å²) in [6, 6.07) is 9.88. The topological polar surface area (TPSA) is 58.4 Å². The van der Waals surface area contributed by atoms with E-state index in [1.54, 1.807) is 6.07 Å². The summed E-state index contributed by atoms with van der Waals surface area (Å²) in [5, 5.41) is 8.07. The molecule has 3 aliphatic heterocycles. The molecule has 4 heterocycles. The van der Waals surface area contributed by atoms with Gasteiger partial charge in [0.25, 0.3) is 5.91 Å². The Hall–Kier alpha value is -1.50. The molecule has 5 rings (SSSR count). The summed E-state index contributed by atoms with van der Waals surface area (Å²) in [7, 11) is 0. The number of halogens is 1. The van der Waals surface area contributed by atoms with Gasteiger partial charge in [0, 0.05) is 28.6 Å². The summed E-state index contributed by atoms with van der Waals surface area (Å²) >= 11 is 7.17. The van der Waals surface area contributed by atoms with Gasteiger partial charge in [0.2, 0.25) is 5.22 Å². The van der Waals surface area contributed by atoms with E-state index in [9.17, 15) is 4.79 Å². The lowest BCUT2D eigenvalue weighted by atomic mass is 9.79. The number of fused-ring (bicyclic) bond motifs is 3. The highest BCUT2D eigenvalue weighted by Crippen LogP contribution is 2.32. The second-order valence-electron chi connectivity index (χ2n) is 6.71. The number of nitrogens with zero attached hydrogens (tertiary/aromatic N) is 2. The molecule has 0 radical (unpaired) electrons. The minimum atomic E-state index is 0.00614. The number of nitrogens with one attached hydrogen (secondary N) is 1. The number of aromatic nitrogens is 1. The van der Waals surface area contributed by atoms with Gasteiger partial charge in [0.1, 0.15) is 5.03 Å². The lowest BCUT2D eigenvalue weighted by Gasteiger charge is -2.49. The van der Waals surface area contributed by atoms with Gasteiger partial charge < -0.3 is 9.84 Å². The Kier molecular flexibility index (Phi) is 4.75. The van der Waals surface area contributed by atoms with Crippen LogP contribution in [0, 0.1) is 5.92 Å². The Morgan fingerprint density at radius 3 is 2.64 bits per heavy atom. The third-order valence-corrected chi connectivity index (χ3v) is 6.36. The van der Waals surface area contributed by atoms with Crippen LogP contribution in [0.15, 0.2) is 44.8 Å². The molecule has 1 aromatic carbocycles. The minimum Gasteiger partial charge on any atom is -0.347 e. The van der Waals surface area contributed by atoms with Crippen molar-refractivity contribution < 1.29 is 9.32 Å². The molecule has 3 aliphatic rings. The van der Waals surface area contributed by atoms with Crippen molar-refractivity contribution in [3.63, 3.8) is 0 Å². The zero-order valence-electron chi connectivity index (χ0n) is 13.9. The predicted octanol–water partition coefficient (Wildman–Crippen LogP) is 3.69. The number of amides is 1. The average Bonchev–Trinajstić information content (AvgIpc) is 3.04. The number of hydrogen-bond acceptors (Lipinski definition) is 5. The third kappa shape index (κ3) is 3.57. The van der Waals surface area contributed by atoms with Gasteiger partial charge in [0.05, 0.1) is 0 Å². The standard InChI is InChI=1S/C18H20ClN3O2S/c1-11-17(12-6-8-22(11)9-7-12)20-18(23)13-2-4-14(5-3-13)25-16-10-15(19)24-21-16/h2-5,10-12,17H,6-9H2,1H3,(H,20,23)/t11-,17-/m0/s1. The van der Waals surface area contributed by atoms with E-state index in [1.165, 1.54) is 24.6 Å². The van der Waals surface area contributed by atoms with Gasteiger partial charge in [-0.2, -0.15) is 0 Å². The molecule has 2 bridgehead atoms. The van der Waals surface area contributed by atoms with Crippen LogP contribution in [0.1, 0.15) is 30.1 Å². The van der Waals surface area contributed by atoms with Crippen LogP contribution in [0.5, 0.6) is 0 Å². The molecule has 1 aromatic heterocycles. The maximum Gasteiger partial charge on any atom is 0.251 e. The maximum atomic E-state index is 12.6. The zero-order chi connectivity index (χ0) is 17.4. The highest BCUT2D eigenvalue weighted by atomic mass is 35.5. The van der Waals surface area contributed by atoms with Gasteiger partial charge in [0.15, 0.2) is 0 Å². The van der Waals surface area contributed by atoms with Crippen LogP contribution in [0.2, 0.25) is 5.22 Å². The summed E-state index contributed by atoms with van der Waals surface area (Å²) in [6.45, 7) is 4.55. The second-order valence-corrected chi connectivity index (χ2v) is 8.18. The minimum absolute atomic E-state index is 0.00614. The summed E-state index contributed by atoms with van der Waals surface area (Å²) in [6.07, 6.45) is 2.37. The largest absolute Gasteiger partial charge is 0.347 e. The van der Waals surface area contributed by atoms with Crippen LogP contribution in [-0.4, -0.2) is 41.1 Å². The fourth-order valence-corrected chi connectivity index (χ4v) is 4.82. The van der Waals surface area contributed by atoms with Crippen LogP contribution < -0.4 is 5.32 Å². The van der Waals surface area contributed by atoms with Gasteiger partial charge in [-0.25, -0.2) is 0 Å². The number of piperidine rings is 3. The van der Waals surface area contributed by atoms with Crippen molar-refractivity contribution in [2.45, 2.75) is 41.8 Å². The van der Waals surface area contributed by atoms with E-state index in [-0.39, 0.29) is 17.2 Å². The van der Waals surface area contributed by atoms with Crippen LogP contribution in [0.25, 0.3) is 0 Å². The van der Waals surface area contributed by atoms with Gasteiger partial charge in [-0.3, -0.25) is 9.69 Å². The zero-order valence-corrected chi connectivity index (χ0v) is 15.5.